The van der Waals surface area contributed by atoms with Crippen molar-refractivity contribution in [2.75, 3.05) is 12.4 Å². The smallest absolute Gasteiger partial charge is 0.441 e. The number of halogens is 4. The standard InChI is InChI=1S/C13H17ClF3NOS/c1-9(2)18-8-10-4-3-5-11(14)12(10)19-6-7-20-13(15,16)17/h3-5,9,18H,6-8H2,1-2H3. The quantitative estimate of drug-likeness (QED) is 0.747. The van der Waals surface area contributed by atoms with E-state index in [9.17, 15) is 13.2 Å². The van der Waals surface area contributed by atoms with Crippen LogP contribution in [0.15, 0.2) is 18.2 Å². The van der Waals surface area contributed by atoms with Gasteiger partial charge in [-0.25, -0.2) is 0 Å². The first kappa shape index (κ1) is 17.5. The molecule has 0 aliphatic heterocycles. The normalized spacial score (nSPS) is 11.9. The number of alkyl halides is 3. The monoisotopic (exact) mass is 327 g/mol. The molecular formula is C13H17ClF3NOS. The summed E-state index contributed by atoms with van der Waals surface area (Å²) in [6.45, 7) is 4.53. The molecule has 20 heavy (non-hydrogen) atoms. The van der Waals surface area contributed by atoms with Gasteiger partial charge >= 0.3 is 5.51 Å². The lowest BCUT2D eigenvalue weighted by molar-refractivity contribution is -0.0329. The summed E-state index contributed by atoms with van der Waals surface area (Å²) >= 11 is 5.93. The van der Waals surface area contributed by atoms with E-state index in [1.165, 1.54) is 0 Å². The van der Waals surface area contributed by atoms with Gasteiger partial charge in [-0.3, -0.25) is 0 Å². The van der Waals surface area contributed by atoms with Gasteiger partial charge in [0.2, 0.25) is 0 Å². The molecule has 1 aromatic carbocycles. The van der Waals surface area contributed by atoms with Crippen molar-refractivity contribution in [3.63, 3.8) is 0 Å². The van der Waals surface area contributed by atoms with Gasteiger partial charge in [0.05, 0.1) is 11.6 Å². The Morgan fingerprint density at radius 2 is 2.05 bits per heavy atom. The zero-order chi connectivity index (χ0) is 15.2. The molecule has 0 saturated carbocycles. The van der Waals surface area contributed by atoms with Gasteiger partial charge in [0.1, 0.15) is 5.75 Å². The second-order valence-corrected chi connectivity index (χ2v) is 5.97. The van der Waals surface area contributed by atoms with Crippen LogP contribution in [0.4, 0.5) is 13.2 Å². The molecule has 0 aliphatic carbocycles. The fourth-order valence-corrected chi connectivity index (χ4v) is 2.12. The van der Waals surface area contributed by atoms with Crippen LogP contribution in [0.1, 0.15) is 19.4 Å². The summed E-state index contributed by atoms with van der Waals surface area (Å²) in [5.74, 6) is 0.288. The molecule has 2 nitrogen and oxygen atoms in total. The average Bonchev–Trinajstić information content (AvgIpc) is 2.32. The molecule has 0 heterocycles. The van der Waals surface area contributed by atoms with E-state index in [2.05, 4.69) is 5.32 Å². The maximum absolute atomic E-state index is 12.0. The zero-order valence-corrected chi connectivity index (χ0v) is 12.8. The van der Waals surface area contributed by atoms with Gasteiger partial charge < -0.3 is 10.1 Å². The van der Waals surface area contributed by atoms with Crippen LogP contribution >= 0.6 is 23.4 Å². The fourth-order valence-electron chi connectivity index (χ4n) is 1.47. The Hall–Kier alpha value is -0.590. The molecule has 0 amide bonds. The highest BCUT2D eigenvalue weighted by Gasteiger charge is 2.27. The molecule has 0 bridgehead atoms. The van der Waals surface area contributed by atoms with Gasteiger partial charge in [-0.2, -0.15) is 13.2 Å². The second-order valence-electron chi connectivity index (χ2n) is 4.41. The third kappa shape index (κ3) is 6.72. The first-order chi connectivity index (χ1) is 9.29. The van der Waals surface area contributed by atoms with Crippen molar-refractivity contribution in [3.8, 4) is 5.75 Å². The molecule has 1 rings (SSSR count). The molecule has 0 radical (unpaired) electrons. The van der Waals surface area contributed by atoms with Gasteiger partial charge in [-0.15, -0.1) is 0 Å². The maximum Gasteiger partial charge on any atom is 0.441 e. The van der Waals surface area contributed by atoms with Crippen LogP contribution in [0.25, 0.3) is 0 Å². The maximum atomic E-state index is 12.0. The summed E-state index contributed by atoms with van der Waals surface area (Å²) in [7, 11) is 0. The van der Waals surface area contributed by atoms with E-state index in [1.807, 2.05) is 19.9 Å². The van der Waals surface area contributed by atoms with Gasteiger partial charge in [0, 0.05) is 23.9 Å². The van der Waals surface area contributed by atoms with Crippen molar-refractivity contribution in [1.29, 1.82) is 0 Å². The number of nitrogens with one attached hydrogen (secondary N) is 1. The number of hydrogen-bond donors (Lipinski definition) is 1. The molecule has 0 aromatic heterocycles. The molecule has 0 unspecified atom stereocenters. The number of para-hydroxylation sites is 1. The molecule has 1 aromatic rings. The first-order valence-electron chi connectivity index (χ1n) is 6.14. The number of rotatable bonds is 7. The second kappa shape index (κ2) is 8.00. The minimum atomic E-state index is -4.23. The summed E-state index contributed by atoms with van der Waals surface area (Å²) in [6, 6.07) is 5.58. The first-order valence-corrected chi connectivity index (χ1v) is 7.50. The predicted molar refractivity (Wildman–Crippen MR) is 77.4 cm³/mol. The van der Waals surface area contributed by atoms with Crippen molar-refractivity contribution in [3.05, 3.63) is 28.8 Å². The lowest BCUT2D eigenvalue weighted by Crippen LogP contribution is -2.22. The molecule has 0 spiro atoms. The van der Waals surface area contributed by atoms with E-state index in [0.717, 1.165) is 5.56 Å². The molecule has 0 fully saturated rings. The third-order valence-electron chi connectivity index (χ3n) is 2.34. The van der Waals surface area contributed by atoms with Crippen molar-refractivity contribution >= 4 is 23.4 Å². The minimum Gasteiger partial charge on any atom is -0.491 e. The van der Waals surface area contributed by atoms with Crippen LogP contribution in [0.5, 0.6) is 5.75 Å². The molecular weight excluding hydrogens is 311 g/mol. The fraction of sp³-hybridized carbons (Fsp3) is 0.538. The molecule has 7 heteroatoms. The minimum absolute atomic E-state index is 0.0391. The highest BCUT2D eigenvalue weighted by molar-refractivity contribution is 8.00. The molecule has 0 atom stereocenters. The number of hydrogen-bond acceptors (Lipinski definition) is 3. The van der Waals surface area contributed by atoms with Gasteiger partial charge in [-0.1, -0.05) is 37.6 Å². The van der Waals surface area contributed by atoms with E-state index in [4.69, 9.17) is 16.3 Å². The average molecular weight is 328 g/mol. The van der Waals surface area contributed by atoms with Crippen molar-refractivity contribution < 1.29 is 17.9 Å². The van der Waals surface area contributed by atoms with E-state index in [0.29, 0.717) is 23.4 Å². The Bertz CT molecular complexity index is 427. The Balaban J connectivity index is 2.58. The highest BCUT2D eigenvalue weighted by atomic mass is 35.5. The molecule has 114 valence electrons. The van der Waals surface area contributed by atoms with Crippen LogP contribution in [-0.2, 0) is 6.54 Å². The Morgan fingerprint density at radius 3 is 2.65 bits per heavy atom. The van der Waals surface area contributed by atoms with E-state index >= 15 is 0 Å². The largest absolute Gasteiger partial charge is 0.491 e. The van der Waals surface area contributed by atoms with Gasteiger partial charge in [0.25, 0.3) is 0 Å². The molecule has 0 aliphatic rings. The lowest BCUT2D eigenvalue weighted by Gasteiger charge is -2.15. The highest BCUT2D eigenvalue weighted by Crippen LogP contribution is 2.31. The van der Waals surface area contributed by atoms with Crippen LogP contribution in [0.2, 0.25) is 5.02 Å². The molecule has 0 saturated heterocycles. The van der Waals surface area contributed by atoms with Crippen molar-refractivity contribution in [2.45, 2.75) is 31.9 Å². The van der Waals surface area contributed by atoms with E-state index < -0.39 is 5.51 Å². The van der Waals surface area contributed by atoms with Crippen molar-refractivity contribution in [2.24, 2.45) is 0 Å². The topological polar surface area (TPSA) is 21.3 Å². The number of thioether (sulfide) groups is 1. The Kier molecular flexibility index (Phi) is 6.99. The van der Waals surface area contributed by atoms with Gasteiger partial charge in [0.15, 0.2) is 0 Å². The van der Waals surface area contributed by atoms with E-state index in [-0.39, 0.29) is 24.1 Å². The summed E-state index contributed by atoms with van der Waals surface area (Å²) in [6.07, 6.45) is 0. The lowest BCUT2D eigenvalue weighted by atomic mass is 10.2. The molecule has 1 N–H and O–H groups in total. The Morgan fingerprint density at radius 1 is 1.35 bits per heavy atom. The Labute approximate surface area is 126 Å². The van der Waals surface area contributed by atoms with E-state index in [1.54, 1.807) is 12.1 Å². The number of ether oxygens (including phenoxy) is 1. The number of benzene rings is 1. The van der Waals surface area contributed by atoms with Crippen LogP contribution in [-0.4, -0.2) is 23.9 Å². The zero-order valence-electron chi connectivity index (χ0n) is 11.3. The van der Waals surface area contributed by atoms with Crippen LogP contribution in [0.3, 0.4) is 0 Å². The summed E-state index contributed by atoms with van der Waals surface area (Å²) in [5, 5.41) is 3.63. The summed E-state index contributed by atoms with van der Waals surface area (Å²) in [4.78, 5) is 0. The van der Waals surface area contributed by atoms with Crippen molar-refractivity contribution in [1.82, 2.24) is 5.32 Å². The summed E-state index contributed by atoms with van der Waals surface area (Å²) in [5.41, 5.74) is -3.39. The van der Waals surface area contributed by atoms with Gasteiger partial charge in [-0.05, 0) is 17.8 Å². The van der Waals surface area contributed by atoms with Crippen LogP contribution < -0.4 is 10.1 Å². The predicted octanol–water partition coefficient (Wildman–Crippen LogP) is 4.47. The summed E-state index contributed by atoms with van der Waals surface area (Å²) < 4.78 is 41.5. The third-order valence-corrected chi connectivity index (χ3v) is 3.34. The van der Waals surface area contributed by atoms with Crippen LogP contribution in [0, 0.1) is 0 Å². The SMILES string of the molecule is CC(C)NCc1cccc(Cl)c1OCCSC(F)(F)F.